The van der Waals surface area contributed by atoms with Crippen LogP contribution in [-0.2, 0) is 14.8 Å². The van der Waals surface area contributed by atoms with E-state index in [4.69, 9.17) is 5.11 Å². The Balaban J connectivity index is 3.04. The summed E-state index contributed by atoms with van der Waals surface area (Å²) in [4.78, 5) is 14.3. The minimum atomic E-state index is -3.70. The van der Waals surface area contributed by atoms with Gasteiger partial charge in [-0.25, -0.2) is 17.9 Å². The highest BCUT2D eigenvalue weighted by Gasteiger charge is 2.26. The lowest BCUT2D eigenvalue weighted by atomic mass is 9.89. The van der Waals surface area contributed by atoms with Crippen LogP contribution in [0.4, 0.5) is 0 Å². The van der Waals surface area contributed by atoms with Crippen molar-refractivity contribution >= 4 is 22.1 Å². The number of nitrogens with one attached hydrogen (secondary N) is 1. The van der Waals surface area contributed by atoms with Gasteiger partial charge in [0, 0.05) is 24.5 Å². The Labute approximate surface area is 125 Å². The van der Waals surface area contributed by atoms with Crippen molar-refractivity contribution in [2.75, 3.05) is 0 Å². The van der Waals surface area contributed by atoms with Gasteiger partial charge in [0.15, 0.2) is 0 Å². The molecule has 1 aromatic heterocycles. The summed E-state index contributed by atoms with van der Waals surface area (Å²) in [7, 11) is -3.70. The molecule has 7 heteroatoms. The molecule has 0 aliphatic carbocycles. The third kappa shape index (κ3) is 5.28. The highest BCUT2D eigenvalue weighted by Crippen LogP contribution is 2.21. The molecular formula is C14H20N2O4S. The average Bonchev–Trinajstić information content (AvgIpc) is 2.35. The van der Waals surface area contributed by atoms with Crippen molar-refractivity contribution in [3.8, 4) is 0 Å². The van der Waals surface area contributed by atoms with Gasteiger partial charge in [0.1, 0.15) is 4.90 Å². The molecule has 0 spiro atoms. The number of pyridine rings is 1. The Hall–Kier alpha value is -1.73. The van der Waals surface area contributed by atoms with E-state index < -0.39 is 16.0 Å². The second kappa shape index (κ2) is 6.36. The van der Waals surface area contributed by atoms with Gasteiger partial charge in [-0.1, -0.05) is 20.8 Å². The summed E-state index contributed by atoms with van der Waals surface area (Å²) >= 11 is 0. The van der Waals surface area contributed by atoms with E-state index in [0.717, 1.165) is 6.08 Å². The summed E-state index contributed by atoms with van der Waals surface area (Å²) in [6, 6.07) is 1.12. The first-order valence-corrected chi connectivity index (χ1v) is 7.89. The SMILES string of the molecule is CC(NS(=O)(=O)c1cncc(/C=C/C(=O)O)c1)C(C)(C)C. The van der Waals surface area contributed by atoms with Crippen LogP contribution in [0.3, 0.4) is 0 Å². The normalized spacial score (nSPS) is 14.3. The van der Waals surface area contributed by atoms with Gasteiger partial charge in [-0.3, -0.25) is 4.98 Å². The number of carbonyl (C=O) groups is 1. The number of hydrogen-bond donors (Lipinski definition) is 2. The molecule has 0 amide bonds. The molecule has 1 aromatic rings. The summed E-state index contributed by atoms with van der Waals surface area (Å²) in [5, 5.41) is 8.57. The van der Waals surface area contributed by atoms with E-state index >= 15 is 0 Å². The van der Waals surface area contributed by atoms with Crippen molar-refractivity contribution in [2.24, 2.45) is 5.41 Å². The second-order valence-electron chi connectivity index (χ2n) is 5.83. The number of nitrogens with zero attached hydrogens (tertiary/aromatic N) is 1. The molecule has 0 radical (unpaired) electrons. The highest BCUT2D eigenvalue weighted by atomic mass is 32.2. The lowest BCUT2D eigenvalue weighted by Gasteiger charge is -2.27. The zero-order valence-electron chi connectivity index (χ0n) is 12.5. The zero-order valence-corrected chi connectivity index (χ0v) is 13.3. The smallest absolute Gasteiger partial charge is 0.328 e. The van der Waals surface area contributed by atoms with Crippen molar-refractivity contribution in [1.29, 1.82) is 0 Å². The maximum atomic E-state index is 12.3. The summed E-state index contributed by atoms with van der Waals surface area (Å²) in [6.45, 7) is 7.60. The predicted octanol–water partition coefficient (Wildman–Crippen LogP) is 1.89. The fourth-order valence-corrected chi connectivity index (χ4v) is 2.76. The fourth-order valence-electron chi connectivity index (χ4n) is 1.32. The van der Waals surface area contributed by atoms with Crippen LogP contribution in [0.15, 0.2) is 29.4 Å². The Morgan fingerprint density at radius 1 is 1.38 bits per heavy atom. The zero-order chi connectivity index (χ0) is 16.3. The van der Waals surface area contributed by atoms with Crippen LogP contribution in [0.2, 0.25) is 0 Å². The van der Waals surface area contributed by atoms with Crippen molar-refractivity contribution in [2.45, 2.75) is 38.6 Å². The third-order valence-electron chi connectivity index (χ3n) is 3.09. The van der Waals surface area contributed by atoms with E-state index in [1.165, 1.54) is 24.5 Å². The van der Waals surface area contributed by atoms with E-state index in [0.29, 0.717) is 5.56 Å². The van der Waals surface area contributed by atoms with Crippen LogP contribution in [0, 0.1) is 5.41 Å². The number of sulfonamides is 1. The van der Waals surface area contributed by atoms with Gasteiger partial charge in [0.2, 0.25) is 10.0 Å². The highest BCUT2D eigenvalue weighted by molar-refractivity contribution is 7.89. The monoisotopic (exact) mass is 312 g/mol. The number of rotatable bonds is 5. The lowest BCUT2D eigenvalue weighted by Crippen LogP contribution is -2.41. The van der Waals surface area contributed by atoms with Crippen LogP contribution in [0.1, 0.15) is 33.3 Å². The molecule has 1 atom stereocenters. The van der Waals surface area contributed by atoms with Gasteiger partial charge in [-0.2, -0.15) is 0 Å². The molecule has 0 aliphatic rings. The molecule has 0 saturated heterocycles. The standard InChI is InChI=1S/C14H20N2O4S/c1-10(14(2,3)4)16-21(19,20)12-7-11(8-15-9-12)5-6-13(17)18/h5-10,16H,1-4H3,(H,17,18)/b6-5+. The van der Waals surface area contributed by atoms with Crippen molar-refractivity contribution in [3.05, 3.63) is 30.1 Å². The van der Waals surface area contributed by atoms with Crippen LogP contribution in [0.25, 0.3) is 6.08 Å². The third-order valence-corrected chi connectivity index (χ3v) is 4.60. The van der Waals surface area contributed by atoms with E-state index in [2.05, 4.69) is 9.71 Å². The summed E-state index contributed by atoms with van der Waals surface area (Å²) in [5.74, 6) is -1.11. The lowest BCUT2D eigenvalue weighted by molar-refractivity contribution is -0.131. The number of aromatic nitrogens is 1. The van der Waals surface area contributed by atoms with E-state index in [1.807, 2.05) is 20.8 Å². The number of aliphatic carboxylic acids is 1. The van der Waals surface area contributed by atoms with Crippen LogP contribution >= 0.6 is 0 Å². The molecule has 1 heterocycles. The first-order chi connectivity index (χ1) is 9.52. The molecule has 0 fully saturated rings. The van der Waals surface area contributed by atoms with Gasteiger partial charge in [-0.05, 0) is 30.0 Å². The fraction of sp³-hybridized carbons (Fsp3) is 0.429. The number of carboxylic acid groups (broad SMARTS) is 1. The first kappa shape index (κ1) is 17.3. The largest absolute Gasteiger partial charge is 0.478 e. The topological polar surface area (TPSA) is 96.4 Å². The Bertz CT molecular complexity index is 645. The Kier molecular flexibility index (Phi) is 5.25. The van der Waals surface area contributed by atoms with E-state index in [1.54, 1.807) is 6.92 Å². The maximum absolute atomic E-state index is 12.3. The Morgan fingerprint density at radius 3 is 2.52 bits per heavy atom. The van der Waals surface area contributed by atoms with Crippen molar-refractivity contribution < 1.29 is 18.3 Å². The molecule has 1 rings (SSSR count). The molecule has 6 nitrogen and oxygen atoms in total. The summed E-state index contributed by atoms with van der Waals surface area (Å²) < 4.78 is 27.2. The van der Waals surface area contributed by atoms with E-state index in [9.17, 15) is 13.2 Å². The Morgan fingerprint density at radius 2 is 2.00 bits per heavy atom. The number of carboxylic acids is 1. The number of hydrogen-bond acceptors (Lipinski definition) is 4. The van der Waals surface area contributed by atoms with Gasteiger partial charge in [0.25, 0.3) is 0 Å². The summed E-state index contributed by atoms with van der Waals surface area (Å²) in [5.41, 5.74) is 0.185. The quantitative estimate of drug-likeness (QED) is 0.809. The molecular weight excluding hydrogens is 292 g/mol. The molecule has 2 N–H and O–H groups in total. The van der Waals surface area contributed by atoms with Crippen LogP contribution in [-0.4, -0.2) is 30.5 Å². The molecule has 116 valence electrons. The van der Waals surface area contributed by atoms with Gasteiger partial charge in [-0.15, -0.1) is 0 Å². The van der Waals surface area contributed by atoms with Crippen LogP contribution < -0.4 is 4.72 Å². The predicted molar refractivity (Wildman–Crippen MR) is 80.1 cm³/mol. The molecule has 0 aromatic carbocycles. The van der Waals surface area contributed by atoms with Crippen LogP contribution in [0.5, 0.6) is 0 Å². The minimum Gasteiger partial charge on any atom is -0.478 e. The van der Waals surface area contributed by atoms with E-state index in [-0.39, 0.29) is 16.4 Å². The average molecular weight is 312 g/mol. The molecule has 0 bridgehead atoms. The van der Waals surface area contributed by atoms with Gasteiger partial charge >= 0.3 is 5.97 Å². The van der Waals surface area contributed by atoms with Crippen molar-refractivity contribution in [1.82, 2.24) is 9.71 Å². The van der Waals surface area contributed by atoms with Gasteiger partial charge in [0.05, 0.1) is 0 Å². The second-order valence-corrected chi connectivity index (χ2v) is 7.55. The molecule has 1 unspecified atom stereocenters. The first-order valence-electron chi connectivity index (χ1n) is 6.41. The maximum Gasteiger partial charge on any atom is 0.328 e. The minimum absolute atomic E-state index is 0.00568. The molecule has 0 saturated carbocycles. The van der Waals surface area contributed by atoms with Gasteiger partial charge < -0.3 is 5.11 Å². The summed E-state index contributed by atoms with van der Waals surface area (Å²) in [6.07, 6.45) is 4.85. The molecule has 0 aliphatic heterocycles. The van der Waals surface area contributed by atoms with Crippen molar-refractivity contribution in [3.63, 3.8) is 0 Å². The molecule has 21 heavy (non-hydrogen) atoms.